The molecule has 6 N–H and O–H groups in total. The Balaban J connectivity index is -0.000000543. The van der Waals surface area contributed by atoms with E-state index in [1.807, 2.05) is 45.9 Å². The van der Waals surface area contributed by atoms with Crippen molar-refractivity contribution >= 4 is 35.4 Å². The van der Waals surface area contributed by atoms with Crippen molar-refractivity contribution < 1.29 is 19.2 Å². The summed E-state index contributed by atoms with van der Waals surface area (Å²) in [5, 5.41) is 4.70. The lowest BCUT2D eigenvalue weighted by atomic mass is 10.2. The van der Waals surface area contributed by atoms with Crippen LogP contribution in [0.4, 0.5) is 0 Å². The zero-order valence-corrected chi connectivity index (χ0v) is 19.8. The van der Waals surface area contributed by atoms with Crippen LogP contribution in [0.2, 0.25) is 0 Å². The van der Waals surface area contributed by atoms with Crippen LogP contribution in [0.3, 0.4) is 0 Å². The molecule has 1 unspecified atom stereocenters. The molecule has 172 valence electrons. The molecule has 0 aliphatic rings. The van der Waals surface area contributed by atoms with Crippen LogP contribution >= 0.6 is 11.8 Å². The molecule has 30 heavy (non-hydrogen) atoms. The molecular formula is C21H38N4O4S. The fourth-order valence-electron chi connectivity index (χ4n) is 1.52. The van der Waals surface area contributed by atoms with Gasteiger partial charge in [-0.05, 0) is 6.92 Å². The Morgan fingerprint density at radius 1 is 0.900 bits per heavy atom. The van der Waals surface area contributed by atoms with Crippen LogP contribution in [0.25, 0.3) is 0 Å². The van der Waals surface area contributed by atoms with Crippen molar-refractivity contribution in [2.45, 2.75) is 41.5 Å². The number of carbonyl (C=O) groups is 4. The van der Waals surface area contributed by atoms with Crippen LogP contribution in [-0.2, 0) is 19.2 Å². The van der Waals surface area contributed by atoms with E-state index in [9.17, 15) is 19.2 Å². The highest BCUT2D eigenvalue weighted by molar-refractivity contribution is 7.99. The summed E-state index contributed by atoms with van der Waals surface area (Å²) < 4.78 is 0. The van der Waals surface area contributed by atoms with Crippen molar-refractivity contribution in [1.29, 1.82) is 0 Å². The number of thioether (sulfide) groups is 1. The maximum atomic E-state index is 11.4. The molecule has 0 radical (unpaired) electrons. The molecule has 0 heterocycles. The quantitative estimate of drug-likeness (QED) is 0.459. The molecule has 0 aromatic heterocycles. The largest absolute Gasteiger partial charge is 0.368 e. The summed E-state index contributed by atoms with van der Waals surface area (Å²) in [5.74, 6) is -1.67. The highest BCUT2D eigenvalue weighted by Crippen LogP contribution is 2.08. The third-order valence-corrected chi connectivity index (χ3v) is 4.09. The van der Waals surface area contributed by atoms with E-state index in [-0.39, 0.29) is 36.6 Å². The molecule has 0 spiro atoms. The molecule has 9 heteroatoms. The molecule has 4 amide bonds. The molecule has 0 fully saturated rings. The summed E-state index contributed by atoms with van der Waals surface area (Å²) in [5.41, 5.74) is 11.1. The minimum Gasteiger partial charge on any atom is -0.368 e. The third kappa shape index (κ3) is 23.5. The molecule has 0 saturated heterocycles. The minimum atomic E-state index is -0.613. The topological polar surface area (TPSA) is 144 Å². The summed E-state index contributed by atoms with van der Waals surface area (Å²) >= 11 is 1.24. The highest BCUT2D eigenvalue weighted by Gasteiger charge is 2.14. The molecule has 1 aromatic rings. The molecule has 0 bridgehead atoms. The first kappa shape index (κ1) is 32.1. The molecule has 1 atom stereocenters. The van der Waals surface area contributed by atoms with Gasteiger partial charge >= 0.3 is 0 Å². The smallest absolute Gasteiger partial charge is 0.236 e. The molecule has 8 nitrogen and oxygen atoms in total. The number of aryl methyl sites for hydroxylation is 1. The fourth-order valence-corrected chi connectivity index (χ4v) is 2.43. The van der Waals surface area contributed by atoms with Gasteiger partial charge in [0.05, 0.1) is 18.8 Å². The average molecular weight is 443 g/mol. The maximum absolute atomic E-state index is 11.4. The number of primary amides is 2. The molecule has 0 aliphatic heterocycles. The zero-order chi connectivity index (χ0) is 23.9. The van der Waals surface area contributed by atoms with Gasteiger partial charge in [0.15, 0.2) is 0 Å². The lowest BCUT2D eigenvalue weighted by Gasteiger charge is -2.10. The number of amides is 4. The van der Waals surface area contributed by atoms with E-state index in [2.05, 4.69) is 29.7 Å². The molecular weight excluding hydrogens is 404 g/mol. The average Bonchev–Trinajstić information content (AvgIpc) is 2.74. The van der Waals surface area contributed by atoms with E-state index < -0.39 is 11.8 Å². The van der Waals surface area contributed by atoms with Crippen molar-refractivity contribution in [1.82, 2.24) is 10.6 Å². The van der Waals surface area contributed by atoms with Gasteiger partial charge in [-0.3, -0.25) is 19.2 Å². The van der Waals surface area contributed by atoms with Gasteiger partial charge < -0.3 is 22.1 Å². The highest BCUT2D eigenvalue weighted by atomic mass is 32.2. The van der Waals surface area contributed by atoms with E-state index in [4.69, 9.17) is 11.5 Å². The van der Waals surface area contributed by atoms with Gasteiger partial charge in [0.1, 0.15) is 0 Å². The van der Waals surface area contributed by atoms with E-state index in [1.54, 1.807) is 6.92 Å². The number of benzene rings is 1. The van der Waals surface area contributed by atoms with Crippen LogP contribution in [0, 0.1) is 12.8 Å². The minimum absolute atomic E-state index is 0.126. The maximum Gasteiger partial charge on any atom is 0.236 e. The Hall–Kier alpha value is -2.55. The van der Waals surface area contributed by atoms with Gasteiger partial charge in [0, 0.05) is 11.7 Å². The summed E-state index contributed by atoms with van der Waals surface area (Å²) in [6.07, 6.45) is 0. The third-order valence-electron chi connectivity index (χ3n) is 2.89. The first-order chi connectivity index (χ1) is 14.2. The number of nitrogens with one attached hydrogen (secondary N) is 2. The van der Waals surface area contributed by atoms with Gasteiger partial charge in [-0.15, -0.1) is 0 Å². The second-order valence-corrected chi connectivity index (χ2v) is 6.53. The van der Waals surface area contributed by atoms with Crippen LogP contribution in [0.5, 0.6) is 0 Å². The van der Waals surface area contributed by atoms with Crippen molar-refractivity contribution in [3.8, 4) is 0 Å². The van der Waals surface area contributed by atoms with E-state index in [1.165, 1.54) is 17.3 Å². The van der Waals surface area contributed by atoms with Crippen molar-refractivity contribution in [2.24, 2.45) is 17.4 Å². The molecule has 1 rings (SSSR count). The Labute approximate surface area is 184 Å². The van der Waals surface area contributed by atoms with Crippen LogP contribution in [0.15, 0.2) is 30.3 Å². The molecule has 0 aliphatic carbocycles. The van der Waals surface area contributed by atoms with Crippen molar-refractivity contribution in [2.75, 3.05) is 24.6 Å². The number of hydrogen-bond donors (Lipinski definition) is 4. The van der Waals surface area contributed by atoms with Crippen LogP contribution in [-0.4, -0.2) is 48.2 Å². The van der Waals surface area contributed by atoms with Gasteiger partial charge in [-0.2, -0.15) is 11.8 Å². The predicted molar refractivity (Wildman–Crippen MR) is 125 cm³/mol. The Morgan fingerprint density at radius 3 is 1.77 bits per heavy atom. The number of nitrogens with two attached hydrogens (primary N) is 2. The summed E-state index contributed by atoms with van der Waals surface area (Å²) in [7, 11) is 0. The van der Waals surface area contributed by atoms with E-state index in [0.717, 1.165) is 0 Å². The monoisotopic (exact) mass is 442 g/mol. The second kappa shape index (κ2) is 22.7. The van der Waals surface area contributed by atoms with Gasteiger partial charge in [-0.25, -0.2) is 0 Å². The van der Waals surface area contributed by atoms with E-state index in [0.29, 0.717) is 5.75 Å². The van der Waals surface area contributed by atoms with Crippen LogP contribution < -0.4 is 22.1 Å². The molecule has 1 aromatic carbocycles. The summed E-state index contributed by atoms with van der Waals surface area (Å²) in [6, 6.07) is 10.3. The van der Waals surface area contributed by atoms with Gasteiger partial charge in [0.25, 0.3) is 0 Å². The molecule has 0 saturated carbocycles. The Kier molecular flexibility index (Phi) is 24.3. The van der Waals surface area contributed by atoms with Gasteiger partial charge in [-0.1, -0.05) is 70.5 Å². The predicted octanol–water partition coefficient (Wildman–Crippen LogP) is 1.61. The lowest BCUT2D eigenvalue weighted by molar-refractivity contribution is -0.126. The normalized spacial score (nSPS) is 9.67. The first-order valence-electron chi connectivity index (χ1n) is 9.92. The van der Waals surface area contributed by atoms with Crippen molar-refractivity contribution in [3.05, 3.63) is 35.9 Å². The SMILES string of the molecule is CC.CC.CC(CSCC(=O)NCC(N)=O)C(=O)NCC(N)=O.Cc1ccccc1. The number of hydrogen-bond acceptors (Lipinski definition) is 5. The zero-order valence-electron chi connectivity index (χ0n) is 19.0. The Morgan fingerprint density at radius 2 is 1.37 bits per heavy atom. The summed E-state index contributed by atoms with van der Waals surface area (Å²) in [6.45, 7) is 11.4. The number of rotatable bonds is 9. The summed E-state index contributed by atoms with van der Waals surface area (Å²) in [4.78, 5) is 43.5. The van der Waals surface area contributed by atoms with Gasteiger partial charge in [0.2, 0.25) is 23.6 Å². The van der Waals surface area contributed by atoms with E-state index >= 15 is 0 Å². The second-order valence-electron chi connectivity index (χ2n) is 5.50. The van der Waals surface area contributed by atoms with Crippen LogP contribution in [0.1, 0.15) is 40.2 Å². The standard InChI is InChI=1S/C10H18N4O4S.C7H8.2C2H6/c1-6(10(18)14-3-8(12)16)4-19-5-9(17)13-2-7(11)15;1-7-5-3-2-4-6-7;2*1-2/h6H,2-5H2,1H3,(H2,11,15)(H2,12,16)(H,13,17)(H,14,18);2-6H,1H3;2*1-2H3. The lowest BCUT2D eigenvalue weighted by Crippen LogP contribution is -2.37. The Bertz CT molecular complexity index is 598. The number of carbonyl (C=O) groups excluding carboxylic acids is 4. The fraction of sp³-hybridized carbons (Fsp3) is 0.524. The van der Waals surface area contributed by atoms with Crippen molar-refractivity contribution in [3.63, 3.8) is 0 Å². The first-order valence-corrected chi connectivity index (χ1v) is 11.1.